The molecule has 0 aliphatic carbocycles. The summed E-state index contributed by atoms with van der Waals surface area (Å²) in [6, 6.07) is 6.47. The van der Waals surface area contributed by atoms with Gasteiger partial charge in [0.05, 0.1) is 6.61 Å². The van der Waals surface area contributed by atoms with Gasteiger partial charge in [0, 0.05) is 12.5 Å². The molecular formula is C17H29NO. The van der Waals surface area contributed by atoms with Crippen LogP contribution >= 0.6 is 0 Å². The molecule has 108 valence electrons. The lowest BCUT2D eigenvalue weighted by atomic mass is 9.85. The molecule has 0 aromatic heterocycles. The first-order chi connectivity index (χ1) is 8.84. The molecule has 19 heavy (non-hydrogen) atoms. The lowest BCUT2D eigenvalue weighted by Gasteiger charge is -2.24. The second-order valence-electron chi connectivity index (χ2n) is 6.47. The molecule has 0 fully saturated rings. The lowest BCUT2D eigenvalue weighted by Crippen LogP contribution is -2.25. The molecule has 0 aliphatic rings. The van der Waals surface area contributed by atoms with Crippen LogP contribution < -0.4 is 10.1 Å². The number of hydrogen-bond acceptors (Lipinski definition) is 2. The highest BCUT2D eigenvalue weighted by Gasteiger charge is 2.19. The Hall–Kier alpha value is -1.02. The number of nitrogens with one attached hydrogen (secondary N) is 1. The van der Waals surface area contributed by atoms with Crippen molar-refractivity contribution in [3.63, 3.8) is 0 Å². The van der Waals surface area contributed by atoms with Crippen molar-refractivity contribution in [2.45, 2.75) is 47.0 Å². The van der Waals surface area contributed by atoms with E-state index in [1.54, 1.807) is 0 Å². The Morgan fingerprint density at radius 1 is 1.26 bits per heavy atom. The van der Waals surface area contributed by atoms with Crippen LogP contribution in [0.25, 0.3) is 0 Å². The average Bonchev–Trinajstić information content (AvgIpc) is 2.33. The first-order valence-corrected chi connectivity index (χ1v) is 7.29. The molecule has 1 rings (SSSR count). The molecule has 0 radical (unpaired) electrons. The first kappa shape index (κ1) is 16.0. The number of benzene rings is 1. The van der Waals surface area contributed by atoms with Gasteiger partial charge in [-0.2, -0.15) is 0 Å². The van der Waals surface area contributed by atoms with Gasteiger partial charge in [0.1, 0.15) is 5.75 Å². The Balaban J connectivity index is 2.73. The monoisotopic (exact) mass is 263 g/mol. The third-order valence-electron chi connectivity index (χ3n) is 3.21. The van der Waals surface area contributed by atoms with Crippen molar-refractivity contribution in [1.82, 2.24) is 5.32 Å². The molecule has 1 aromatic rings. The van der Waals surface area contributed by atoms with E-state index < -0.39 is 0 Å². The summed E-state index contributed by atoms with van der Waals surface area (Å²) >= 11 is 0. The fourth-order valence-electron chi connectivity index (χ4n) is 2.04. The van der Waals surface area contributed by atoms with Gasteiger partial charge in [-0.15, -0.1) is 0 Å². The van der Waals surface area contributed by atoms with E-state index in [9.17, 15) is 0 Å². The summed E-state index contributed by atoms with van der Waals surface area (Å²) in [4.78, 5) is 0. The van der Waals surface area contributed by atoms with Gasteiger partial charge >= 0.3 is 0 Å². The van der Waals surface area contributed by atoms with Gasteiger partial charge in [-0.3, -0.25) is 0 Å². The molecule has 0 spiro atoms. The molecule has 1 atom stereocenters. The Kier molecular flexibility index (Phi) is 5.86. The number of ether oxygens (including phenoxy) is 1. The Morgan fingerprint density at radius 2 is 1.95 bits per heavy atom. The molecule has 0 saturated carbocycles. The molecule has 1 N–H and O–H groups in total. The van der Waals surface area contributed by atoms with Gasteiger partial charge in [0.15, 0.2) is 0 Å². The van der Waals surface area contributed by atoms with Crippen molar-refractivity contribution in [2.24, 2.45) is 5.92 Å². The Labute approximate surface area is 118 Å². The zero-order valence-electron chi connectivity index (χ0n) is 13.3. The maximum Gasteiger partial charge on any atom is 0.123 e. The topological polar surface area (TPSA) is 21.3 Å². The van der Waals surface area contributed by atoms with Crippen LogP contribution in [-0.4, -0.2) is 19.7 Å². The van der Waals surface area contributed by atoms with Gasteiger partial charge in [0.2, 0.25) is 0 Å². The SMILES string of the molecule is CCNCC(C)COc1ccc(C)cc1C(C)(C)C. The fourth-order valence-corrected chi connectivity index (χ4v) is 2.04. The average molecular weight is 263 g/mol. The van der Waals surface area contributed by atoms with E-state index in [-0.39, 0.29) is 5.41 Å². The predicted molar refractivity (Wildman–Crippen MR) is 83.1 cm³/mol. The van der Waals surface area contributed by atoms with Crippen LogP contribution in [0.15, 0.2) is 18.2 Å². The maximum atomic E-state index is 6.04. The summed E-state index contributed by atoms with van der Waals surface area (Å²) in [5, 5.41) is 3.36. The van der Waals surface area contributed by atoms with Crippen LogP contribution in [0.2, 0.25) is 0 Å². The smallest absolute Gasteiger partial charge is 0.123 e. The molecule has 0 aliphatic heterocycles. The molecule has 2 heteroatoms. The molecular weight excluding hydrogens is 234 g/mol. The highest BCUT2D eigenvalue weighted by Crippen LogP contribution is 2.32. The largest absolute Gasteiger partial charge is 0.493 e. The van der Waals surface area contributed by atoms with Gasteiger partial charge in [0.25, 0.3) is 0 Å². The summed E-state index contributed by atoms with van der Waals surface area (Å²) in [6.07, 6.45) is 0. The van der Waals surface area contributed by atoms with E-state index in [4.69, 9.17) is 4.74 Å². The van der Waals surface area contributed by atoms with Crippen LogP contribution in [0, 0.1) is 12.8 Å². The first-order valence-electron chi connectivity index (χ1n) is 7.29. The van der Waals surface area contributed by atoms with Crippen molar-refractivity contribution in [3.8, 4) is 5.75 Å². The fraction of sp³-hybridized carbons (Fsp3) is 0.647. The molecule has 2 nitrogen and oxygen atoms in total. The Bertz CT molecular complexity index is 393. The highest BCUT2D eigenvalue weighted by molar-refractivity contribution is 5.41. The lowest BCUT2D eigenvalue weighted by molar-refractivity contribution is 0.251. The Morgan fingerprint density at radius 3 is 2.53 bits per heavy atom. The van der Waals surface area contributed by atoms with Crippen LogP contribution in [0.5, 0.6) is 5.75 Å². The van der Waals surface area contributed by atoms with E-state index in [0.717, 1.165) is 25.4 Å². The highest BCUT2D eigenvalue weighted by atomic mass is 16.5. The zero-order chi connectivity index (χ0) is 14.5. The number of aryl methyl sites for hydroxylation is 1. The third-order valence-corrected chi connectivity index (χ3v) is 3.21. The van der Waals surface area contributed by atoms with E-state index in [1.165, 1.54) is 11.1 Å². The molecule has 0 saturated heterocycles. The van der Waals surface area contributed by atoms with Crippen LogP contribution in [-0.2, 0) is 5.41 Å². The summed E-state index contributed by atoms with van der Waals surface area (Å²) in [5.41, 5.74) is 2.70. The van der Waals surface area contributed by atoms with Crippen LogP contribution in [0.3, 0.4) is 0 Å². The van der Waals surface area contributed by atoms with Crippen molar-refractivity contribution < 1.29 is 4.74 Å². The second kappa shape index (κ2) is 6.95. The summed E-state index contributed by atoms with van der Waals surface area (Å²) in [7, 11) is 0. The molecule has 0 bridgehead atoms. The van der Waals surface area contributed by atoms with Crippen molar-refractivity contribution in [2.75, 3.05) is 19.7 Å². The van der Waals surface area contributed by atoms with E-state index >= 15 is 0 Å². The van der Waals surface area contributed by atoms with Gasteiger partial charge < -0.3 is 10.1 Å². The normalized spacial score (nSPS) is 13.4. The van der Waals surface area contributed by atoms with Gasteiger partial charge in [-0.05, 0) is 30.5 Å². The summed E-state index contributed by atoms with van der Waals surface area (Å²) in [6.45, 7) is 16.0. The minimum atomic E-state index is 0.117. The quantitative estimate of drug-likeness (QED) is 0.840. The molecule has 1 aromatic carbocycles. The molecule has 0 heterocycles. The van der Waals surface area contributed by atoms with E-state index in [1.807, 2.05) is 0 Å². The number of rotatable bonds is 6. The summed E-state index contributed by atoms with van der Waals surface area (Å²) < 4.78 is 6.04. The molecule has 0 amide bonds. The predicted octanol–water partition coefficient (Wildman–Crippen LogP) is 3.92. The van der Waals surface area contributed by atoms with E-state index in [2.05, 4.69) is 65.1 Å². The van der Waals surface area contributed by atoms with E-state index in [0.29, 0.717) is 5.92 Å². The van der Waals surface area contributed by atoms with Gasteiger partial charge in [-0.1, -0.05) is 52.3 Å². The van der Waals surface area contributed by atoms with Crippen molar-refractivity contribution >= 4 is 0 Å². The van der Waals surface area contributed by atoms with Crippen LogP contribution in [0.1, 0.15) is 45.7 Å². The molecule has 1 unspecified atom stereocenters. The van der Waals surface area contributed by atoms with Crippen LogP contribution in [0.4, 0.5) is 0 Å². The van der Waals surface area contributed by atoms with Crippen molar-refractivity contribution in [3.05, 3.63) is 29.3 Å². The van der Waals surface area contributed by atoms with Gasteiger partial charge in [-0.25, -0.2) is 0 Å². The summed E-state index contributed by atoms with van der Waals surface area (Å²) in [5.74, 6) is 1.55. The minimum absolute atomic E-state index is 0.117. The zero-order valence-corrected chi connectivity index (χ0v) is 13.3. The second-order valence-corrected chi connectivity index (χ2v) is 6.47. The van der Waals surface area contributed by atoms with Crippen molar-refractivity contribution in [1.29, 1.82) is 0 Å². The number of hydrogen-bond donors (Lipinski definition) is 1. The third kappa shape index (κ3) is 5.23. The standard InChI is InChI=1S/C17H29NO/c1-7-18-11-14(3)12-19-16-9-8-13(2)10-15(16)17(4,5)6/h8-10,14,18H,7,11-12H2,1-6H3. The maximum absolute atomic E-state index is 6.04. The minimum Gasteiger partial charge on any atom is -0.493 e.